The van der Waals surface area contributed by atoms with Crippen LogP contribution < -0.4 is 5.73 Å². The van der Waals surface area contributed by atoms with E-state index < -0.39 is 0 Å². The van der Waals surface area contributed by atoms with Gasteiger partial charge in [-0.05, 0) is 25.6 Å². The van der Waals surface area contributed by atoms with Gasteiger partial charge in [0.25, 0.3) is 0 Å². The van der Waals surface area contributed by atoms with Crippen LogP contribution in [0.3, 0.4) is 0 Å². The van der Waals surface area contributed by atoms with Crippen LogP contribution in [0.4, 0.5) is 0 Å². The average molecular weight is 224 g/mol. The lowest BCUT2D eigenvalue weighted by atomic mass is 10.2. The number of ether oxygens (including phenoxy) is 1. The van der Waals surface area contributed by atoms with Crippen LogP contribution in [0.25, 0.3) is 0 Å². The molecule has 5 nitrogen and oxygen atoms in total. The molecule has 2 rings (SSSR count). The molecule has 1 saturated heterocycles. The minimum Gasteiger partial charge on any atom is -0.378 e. The molecule has 0 unspecified atom stereocenters. The largest absolute Gasteiger partial charge is 0.378 e. The van der Waals surface area contributed by atoms with Crippen molar-refractivity contribution in [2.75, 3.05) is 33.3 Å². The zero-order valence-corrected chi connectivity index (χ0v) is 9.75. The molecule has 0 aromatic carbocycles. The molecule has 1 fully saturated rings. The summed E-state index contributed by atoms with van der Waals surface area (Å²) in [5.74, 6) is 0. The summed E-state index contributed by atoms with van der Waals surface area (Å²) in [5.41, 5.74) is 5.53. The maximum atomic E-state index is 5.53. The predicted molar refractivity (Wildman–Crippen MR) is 62.2 cm³/mol. The van der Waals surface area contributed by atoms with Crippen molar-refractivity contribution in [3.8, 4) is 0 Å². The molecule has 90 valence electrons. The Labute approximate surface area is 96.2 Å². The summed E-state index contributed by atoms with van der Waals surface area (Å²) in [6, 6.07) is 2.28. The van der Waals surface area contributed by atoms with Crippen LogP contribution in [0, 0.1) is 0 Å². The second kappa shape index (κ2) is 5.43. The van der Waals surface area contributed by atoms with Gasteiger partial charge in [0.2, 0.25) is 0 Å². The fourth-order valence-corrected chi connectivity index (χ4v) is 2.29. The van der Waals surface area contributed by atoms with Gasteiger partial charge < -0.3 is 10.5 Å². The van der Waals surface area contributed by atoms with E-state index in [-0.39, 0.29) is 6.10 Å². The molecule has 1 aromatic rings. The summed E-state index contributed by atoms with van der Waals surface area (Å²) in [4.78, 5) is 2.40. The van der Waals surface area contributed by atoms with Crippen LogP contribution >= 0.6 is 0 Å². The normalized spacial score (nSPS) is 26.4. The highest BCUT2D eigenvalue weighted by Crippen LogP contribution is 2.23. The molecular weight excluding hydrogens is 204 g/mol. The number of aromatic nitrogens is 2. The van der Waals surface area contributed by atoms with Crippen LogP contribution in [0.1, 0.15) is 12.5 Å². The van der Waals surface area contributed by atoms with Crippen LogP contribution in [0.15, 0.2) is 18.5 Å². The molecule has 5 heteroatoms. The third kappa shape index (κ3) is 2.42. The molecule has 0 bridgehead atoms. The van der Waals surface area contributed by atoms with Crippen molar-refractivity contribution >= 4 is 0 Å². The molecule has 0 saturated carbocycles. The van der Waals surface area contributed by atoms with E-state index in [4.69, 9.17) is 10.5 Å². The van der Waals surface area contributed by atoms with Crippen molar-refractivity contribution in [1.29, 1.82) is 0 Å². The van der Waals surface area contributed by atoms with Crippen LogP contribution in [0.5, 0.6) is 0 Å². The van der Waals surface area contributed by atoms with E-state index in [2.05, 4.69) is 10.00 Å². The van der Waals surface area contributed by atoms with Gasteiger partial charge in [0.1, 0.15) is 0 Å². The summed E-state index contributed by atoms with van der Waals surface area (Å²) >= 11 is 0. The van der Waals surface area contributed by atoms with Gasteiger partial charge in [0, 0.05) is 32.6 Å². The van der Waals surface area contributed by atoms with E-state index in [0.717, 1.165) is 32.6 Å². The Hall–Kier alpha value is -0.910. The Morgan fingerprint density at radius 3 is 3.00 bits per heavy atom. The summed E-state index contributed by atoms with van der Waals surface area (Å²) < 4.78 is 7.52. The number of likely N-dealkylation sites (tertiary alicyclic amines) is 1. The minimum absolute atomic E-state index is 0.234. The summed E-state index contributed by atoms with van der Waals surface area (Å²) in [6.45, 7) is 3.77. The standard InChI is InChI=1S/C11H20N4O/c1-16-11-9-14(6-2-4-12)8-10(11)15-7-3-5-13-15/h3,5,7,10-11H,2,4,6,8-9,12H2,1H3/t10-,11-/m0/s1. The van der Waals surface area contributed by atoms with Gasteiger partial charge >= 0.3 is 0 Å². The lowest BCUT2D eigenvalue weighted by Crippen LogP contribution is -2.25. The van der Waals surface area contributed by atoms with E-state index in [1.807, 2.05) is 23.1 Å². The van der Waals surface area contributed by atoms with Gasteiger partial charge in [-0.2, -0.15) is 5.10 Å². The first-order chi connectivity index (χ1) is 7.85. The topological polar surface area (TPSA) is 56.3 Å². The molecule has 0 aliphatic carbocycles. The molecule has 1 aromatic heterocycles. The Morgan fingerprint density at radius 2 is 2.38 bits per heavy atom. The molecule has 0 radical (unpaired) electrons. The van der Waals surface area contributed by atoms with Gasteiger partial charge in [-0.15, -0.1) is 0 Å². The zero-order valence-electron chi connectivity index (χ0n) is 9.75. The lowest BCUT2D eigenvalue weighted by Gasteiger charge is -2.16. The number of hydrogen-bond donors (Lipinski definition) is 1. The first-order valence-electron chi connectivity index (χ1n) is 5.79. The van der Waals surface area contributed by atoms with Crippen molar-refractivity contribution < 1.29 is 4.74 Å². The van der Waals surface area contributed by atoms with Gasteiger partial charge in [-0.3, -0.25) is 9.58 Å². The minimum atomic E-state index is 0.234. The third-order valence-corrected chi connectivity index (χ3v) is 3.16. The molecule has 2 heterocycles. The van der Waals surface area contributed by atoms with E-state index in [9.17, 15) is 0 Å². The van der Waals surface area contributed by atoms with Crippen molar-refractivity contribution in [1.82, 2.24) is 14.7 Å². The van der Waals surface area contributed by atoms with Gasteiger partial charge in [-0.1, -0.05) is 0 Å². The molecule has 0 amide bonds. The van der Waals surface area contributed by atoms with E-state index in [1.54, 1.807) is 7.11 Å². The monoisotopic (exact) mass is 224 g/mol. The van der Waals surface area contributed by atoms with Crippen molar-refractivity contribution in [3.63, 3.8) is 0 Å². The quantitative estimate of drug-likeness (QED) is 0.771. The van der Waals surface area contributed by atoms with Crippen LogP contribution in [0.2, 0.25) is 0 Å². The maximum absolute atomic E-state index is 5.53. The van der Waals surface area contributed by atoms with Gasteiger partial charge in [0.05, 0.1) is 12.1 Å². The van der Waals surface area contributed by atoms with E-state index >= 15 is 0 Å². The van der Waals surface area contributed by atoms with Crippen molar-refractivity contribution in [3.05, 3.63) is 18.5 Å². The summed E-state index contributed by atoms with van der Waals surface area (Å²) in [5, 5.41) is 4.30. The lowest BCUT2D eigenvalue weighted by molar-refractivity contribution is 0.0781. The molecule has 16 heavy (non-hydrogen) atoms. The number of hydrogen-bond acceptors (Lipinski definition) is 4. The Balaban J connectivity index is 1.97. The smallest absolute Gasteiger partial charge is 0.0934 e. The van der Waals surface area contributed by atoms with Crippen LogP contribution in [-0.4, -0.2) is 54.1 Å². The molecule has 2 atom stereocenters. The zero-order chi connectivity index (χ0) is 11.4. The maximum Gasteiger partial charge on any atom is 0.0934 e. The van der Waals surface area contributed by atoms with E-state index in [1.165, 1.54) is 0 Å². The first kappa shape index (κ1) is 11.6. The molecule has 2 N–H and O–H groups in total. The summed E-state index contributed by atoms with van der Waals surface area (Å²) in [7, 11) is 1.77. The SMILES string of the molecule is CO[C@H]1CN(CCCN)C[C@@H]1n1cccn1. The predicted octanol–water partition coefficient (Wildman–Crippen LogP) is 0.104. The number of rotatable bonds is 5. The number of nitrogens with zero attached hydrogens (tertiary/aromatic N) is 3. The first-order valence-corrected chi connectivity index (χ1v) is 5.79. The van der Waals surface area contributed by atoms with Crippen molar-refractivity contribution in [2.24, 2.45) is 5.73 Å². The van der Waals surface area contributed by atoms with Crippen LogP contribution in [-0.2, 0) is 4.74 Å². The highest BCUT2D eigenvalue weighted by Gasteiger charge is 2.33. The second-order valence-corrected chi connectivity index (χ2v) is 4.23. The van der Waals surface area contributed by atoms with Crippen molar-refractivity contribution in [2.45, 2.75) is 18.6 Å². The summed E-state index contributed by atoms with van der Waals surface area (Å²) in [6.07, 6.45) is 5.10. The molecule has 1 aliphatic rings. The molecule has 0 spiro atoms. The highest BCUT2D eigenvalue weighted by atomic mass is 16.5. The molecular formula is C11H20N4O. The fraction of sp³-hybridized carbons (Fsp3) is 0.727. The van der Waals surface area contributed by atoms with Gasteiger partial charge in [-0.25, -0.2) is 0 Å². The Morgan fingerprint density at radius 1 is 1.50 bits per heavy atom. The fourth-order valence-electron chi connectivity index (χ4n) is 2.29. The second-order valence-electron chi connectivity index (χ2n) is 4.23. The number of methoxy groups -OCH3 is 1. The van der Waals surface area contributed by atoms with Gasteiger partial charge in [0.15, 0.2) is 0 Å². The van der Waals surface area contributed by atoms with E-state index in [0.29, 0.717) is 6.04 Å². The molecule has 1 aliphatic heterocycles. The average Bonchev–Trinajstić information content (AvgIpc) is 2.94. The highest BCUT2D eigenvalue weighted by molar-refractivity contribution is 4.92. The third-order valence-electron chi connectivity index (χ3n) is 3.16. The Bertz CT molecular complexity index is 301. The Kier molecular flexibility index (Phi) is 3.93. The number of nitrogens with two attached hydrogens (primary N) is 1.